The van der Waals surface area contributed by atoms with E-state index in [-0.39, 0.29) is 0 Å². The topological polar surface area (TPSA) is 90.5 Å². The van der Waals surface area contributed by atoms with E-state index in [0.29, 0.717) is 34.9 Å². The number of rotatable bonds is 7. The lowest BCUT2D eigenvalue weighted by atomic mass is 10.0. The summed E-state index contributed by atoms with van der Waals surface area (Å²) in [6.07, 6.45) is 0. The number of benzene rings is 8. The Morgan fingerprint density at radius 2 is 0.774 bits per heavy atom. The van der Waals surface area contributed by atoms with Gasteiger partial charge in [0, 0.05) is 58.8 Å². The molecule has 8 aromatic carbocycles. The number of aromatic nitrogens is 6. The van der Waals surface area contributed by atoms with Gasteiger partial charge in [0.1, 0.15) is 11.2 Å². The molecule has 0 unspecified atom stereocenters. The number of hydrogen-bond acceptors (Lipinski definition) is 8. The second-order valence-corrected chi connectivity index (χ2v) is 16.2. The number of hydrogen-bond donors (Lipinski definition) is 0. The van der Waals surface area contributed by atoms with E-state index in [1.165, 1.54) is 14.8 Å². The second-order valence-electron chi connectivity index (χ2n) is 15.1. The molecule has 290 valence electrons. The molecule has 0 amide bonds. The Morgan fingerprint density at radius 1 is 0.290 bits per heavy atom. The maximum Gasteiger partial charge on any atom is 0.167 e. The average molecular weight is 813 g/mol. The highest BCUT2D eigenvalue weighted by Gasteiger charge is 2.19. The smallest absolute Gasteiger partial charge is 0.167 e. The first kappa shape index (κ1) is 35.7. The van der Waals surface area contributed by atoms with Crippen LogP contribution in [0.3, 0.4) is 0 Å². The lowest BCUT2D eigenvalue weighted by Crippen LogP contribution is -2.00. The second kappa shape index (κ2) is 14.8. The van der Waals surface area contributed by atoms with Crippen LogP contribution in [0.5, 0.6) is 0 Å². The van der Waals surface area contributed by atoms with Crippen LogP contribution in [0.25, 0.3) is 122 Å². The summed E-state index contributed by atoms with van der Waals surface area (Å²) in [5.74, 6) is 3.69. The van der Waals surface area contributed by atoms with Crippen molar-refractivity contribution in [1.82, 2.24) is 29.9 Å². The van der Waals surface area contributed by atoms with Gasteiger partial charge in [-0.25, -0.2) is 29.9 Å². The van der Waals surface area contributed by atoms with Crippen molar-refractivity contribution in [2.24, 2.45) is 0 Å². The summed E-state index contributed by atoms with van der Waals surface area (Å²) < 4.78 is 8.82. The molecule has 0 N–H and O–H groups in total. The third-order valence-corrected chi connectivity index (χ3v) is 12.4. The first-order valence-electron chi connectivity index (χ1n) is 20.4. The molecule has 0 radical (unpaired) electrons. The van der Waals surface area contributed by atoms with Gasteiger partial charge in [0.2, 0.25) is 0 Å². The molecule has 12 rings (SSSR count). The molecule has 0 atom stereocenters. The van der Waals surface area contributed by atoms with E-state index in [2.05, 4.69) is 72.8 Å². The maximum atomic E-state index is 6.42. The molecule has 0 saturated carbocycles. The number of nitrogens with zero attached hydrogens (tertiary/aromatic N) is 6. The van der Waals surface area contributed by atoms with E-state index >= 15 is 0 Å². The largest absolute Gasteiger partial charge is 0.455 e. The highest BCUT2D eigenvalue weighted by molar-refractivity contribution is 7.25. The molecule has 7 nitrogen and oxygen atoms in total. The van der Waals surface area contributed by atoms with Crippen molar-refractivity contribution in [2.45, 2.75) is 0 Å². The molecular weight excluding hydrogens is 781 g/mol. The van der Waals surface area contributed by atoms with Gasteiger partial charge in [-0.3, -0.25) is 0 Å². The molecule has 0 bridgehead atoms. The van der Waals surface area contributed by atoms with Gasteiger partial charge in [0.25, 0.3) is 0 Å². The number of fused-ring (bicyclic) bond motifs is 6. The first-order valence-corrected chi connectivity index (χ1v) is 21.2. The van der Waals surface area contributed by atoms with Crippen LogP contribution in [0.4, 0.5) is 0 Å². The number of para-hydroxylation sites is 2. The minimum atomic E-state index is 0.563. The number of thiophene rings is 1. The van der Waals surface area contributed by atoms with Gasteiger partial charge in [-0.15, -0.1) is 11.3 Å². The van der Waals surface area contributed by atoms with Crippen molar-refractivity contribution < 1.29 is 4.42 Å². The van der Waals surface area contributed by atoms with Gasteiger partial charge < -0.3 is 4.42 Å². The molecular formula is C54H32N6OS. The van der Waals surface area contributed by atoms with E-state index in [1.54, 1.807) is 11.3 Å². The summed E-state index contributed by atoms with van der Waals surface area (Å²) in [6, 6.07) is 66.1. The molecule has 0 aliphatic heterocycles. The van der Waals surface area contributed by atoms with Crippen LogP contribution in [0.2, 0.25) is 0 Å². The van der Waals surface area contributed by atoms with Gasteiger partial charge in [-0.05, 0) is 47.5 Å². The zero-order chi connectivity index (χ0) is 41.0. The molecule has 62 heavy (non-hydrogen) atoms. The zero-order valence-electron chi connectivity index (χ0n) is 33.0. The molecule has 12 aromatic rings. The quantitative estimate of drug-likeness (QED) is 0.158. The van der Waals surface area contributed by atoms with Crippen LogP contribution in [0, 0.1) is 0 Å². The predicted molar refractivity (Wildman–Crippen MR) is 251 cm³/mol. The van der Waals surface area contributed by atoms with Crippen molar-refractivity contribution in [3.8, 4) is 79.5 Å². The third kappa shape index (κ3) is 6.38. The summed E-state index contributed by atoms with van der Waals surface area (Å²) >= 11 is 1.78. The molecule has 0 aliphatic rings. The fourth-order valence-electron chi connectivity index (χ4n) is 8.11. The van der Waals surface area contributed by atoms with Crippen LogP contribution in [-0.4, -0.2) is 29.9 Å². The lowest BCUT2D eigenvalue weighted by molar-refractivity contribution is 0.669. The van der Waals surface area contributed by atoms with Crippen molar-refractivity contribution in [1.29, 1.82) is 0 Å². The van der Waals surface area contributed by atoms with E-state index < -0.39 is 0 Å². The van der Waals surface area contributed by atoms with E-state index in [9.17, 15) is 0 Å². The zero-order valence-corrected chi connectivity index (χ0v) is 33.8. The highest BCUT2D eigenvalue weighted by Crippen LogP contribution is 2.40. The lowest BCUT2D eigenvalue weighted by Gasteiger charge is -2.09. The van der Waals surface area contributed by atoms with E-state index in [0.717, 1.165) is 71.8 Å². The van der Waals surface area contributed by atoms with Crippen LogP contribution >= 0.6 is 11.3 Å². The molecule has 4 aromatic heterocycles. The van der Waals surface area contributed by atoms with Crippen molar-refractivity contribution in [2.75, 3.05) is 0 Å². The Labute approximate surface area is 359 Å². The standard InChI is InChI=1S/C54H32N6OS/c1-4-13-34(14-5-1)49-55-50(35-15-6-2-7-16-35)57-52(56-49)37-25-23-33(24-26-37)38-27-29-41-44-31-39(28-30-46(44)62-47(41)32-38)53-58-51(36-17-8-3-9-18-36)59-54(60-53)43-21-12-20-42-40-19-10-11-22-45(40)61-48(42)43/h1-32H. The molecule has 0 spiro atoms. The van der Waals surface area contributed by atoms with Gasteiger partial charge >= 0.3 is 0 Å². The van der Waals surface area contributed by atoms with Gasteiger partial charge in [-0.2, -0.15) is 0 Å². The Bertz CT molecular complexity index is 3570. The average Bonchev–Trinajstić information content (AvgIpc) is 3.92. The van der Waals surface area contributed by atoms with E-state index in [4.69, 9.17) is 34.3 Å². The Kier molecular flexibility index (Phi) is 8.53. The summed E-state index contributed by atoms with van der Waals surface area (Å²) in [5, 5.41) is 4.43. The molecule has 0 aliphatic carbocycles. The van der Waals surface area contributed by atoms with Crippen LogP contribution < -0.4 is 0 Å². The van der Waals surface area contributed by atoms with Crippen LogP contribution in [0.15, 0.2) is 199 Å². The predicted octanol–water partition coefficient (Wildman–Crippen LogP) is 14.0. The molecule has 0 fully saturated rings. The summed E-state index contributed by atoms with van der Waals surface area (Å²) in [6.45, 7) is 0. The van der Waals surface area contributed by atoms with E-state index in [1.807, 2.05) is 121 Å². The minimum Gasteiger partial charge on any atom is -0.455 e. The molecule has 0 saturated heterocycles. The van der Waals surface area contributed by atoms with Crippen molar-refractivity contribution >= 4 is 53.4 Å². The first-order chi connectivity index (χ1) is 30.7. The number of furan rings is 1. The SMILES string of the molecule is c1ccc(-c2nc(-c3ccccc3)nc(-c3ccc(-c4ccc5c(c4)sc4ccc(-c6nc(-c7ccccc7)nc(-c7cccc8c7oc7ccccc78)n6)cc45)cc3)n2)cc1. The van der Waals surface area contributed by atoms with Crippen molar-refractivity contribution in [3.05, 3.63) is 194 Å². The summed E-state index contributed by atoms with van der Waals surface area (Å²) in [4.78, 5) is 29.9. The Morgan fingerprint density at radius 3 is 1.40 bits per heavy atom. The van der Waals surface area contributed by atoms with Gasteiger partial charge in [-0.1, -0.05) is 158 Å². The van der Waals surface area contributed by atoms with Crippen LogP contribution in [-0.2, 0) is 0 Å². The molecule has 8 heteroatoms. The third-order valence-electron chi connectivity index (χ3n) is 11.2. The highest BCUT2D eigenvalue weighted by atomic mass is 32.1. The minimum absolute atomic E-state index is 0.563. The summed E-state index contributed by atoms with van der Waals surface area (Å²) in [7, 11) is 0. The van der Waals surface area contributed by atoms with Gasteiger partial charge in [0.15, 0.2) is 34.9 Å². The van der Waals surface area contributed by atoms with Gasteiger partial charge in [0.05, 0.1) is 5.56 Å². The fraction of sp³-hybridized carbons (Fsp3) is 0. The van der Waals surface area contributed by atoms with Crippen molar-refractivity contribution in [3.63, 3.8) is 0 Å². The Hall–Kier alpha value is -8.20. The molecule has 4 heterocycles. The monoisotopic (exact) mass is 812 g/mol. The maximum absolute atomic E-state index is 6.42. The normalized spacial score (nSPS) is 11.5. The Balaban J connectivity index is 0.907. The fourth-order valence-corrected chi connectivity index (χ4v) is 9.24. The summed E-state index contributed by atoms with van der Waals surface area (Å²) in [5.41, 5.74) is 9.30. The van der Waals surface area contributed by atoms with Crippen LogP contribution in [0.1, 0.15) is 0 Å².